The van der Waals surface area contributed by atoms with Gasteiger partial charge in [0.2, 0.25) is 0 Å². The third-order valence-corrected chi connectivity index (χ3v) is 1.47. The number of halogens is 1. The predicted octanol–water partition coefficient (Wildman–Crippen LogP) is 0.778. The molecular formula is C5H3ClN4. The number of pyridine rings is 1. The van der Waals surface area contributed by atoms with Crippen molar-refractivity contribution in [1.29, 1.82) is 0 Å². The first-order valence-corrected chi connectivity index (χ1v) is 3.08. The molecule has 2 aromatic heterocycles. The van der Waals surface area contributed by atoms with Gasteiger partial charge in [0.25, 0.3) is 0 Å². The van der Waals surface area contributed by atoms with E-state index < -0.39 is 0 Å². The monoisotopic (exact) mass is 154 g/mol. The van der Waals surface area contributed by atoms with Gasteiger partial charge in [-0.15, -0.1) is 5.10 Å². The van der Waals surface area contributed by atoms with E-state index in [1.807, 2.05) is 0 Å². The van der Waals surface area contributed by atoms with E-state index in [-0.39, 0.29) is 0 Å². The van der Waals surface area contributed by atoms with Gasteiger partial charge in [-0.1, -0.05) is 11.6 Å². The van der Waals surface area contributed by atoms with Crippen molar-refractivity contribution in [3.8, 4) is 0 Å². The Morgan fingerprint density at radius 3 is 3.20 bits per heavy atom. The van der Waals surface area contributed by atoms with Crippen LogP contribution in [0.5, 0.6) is 0 Å². The topological polar surface area (TPSA) is 43.1 Å². The van der Waals surface area contributed by atoms with Crippen molar-refractivity contribution in [2.45, 2.75) is 0 Å². The number of nitrogens with zero attached hydrogens (tertiary/aromatic N) is 4. The van der Waals surface area contributed by atoms with Crippen LogP contribution >= 0.6 is 11.6 Å². The van der Waals surface area contributed by atoms with Crippen LogP contribution in [0.3, 0.4) is 0 Å². The van der Waals surface area contributed by atoms with Crippen molar-refractivity contribution in [2.24, 2.45) is 0 Å². The lowest BCUT2D eigenvalue weighted by atomic mass is 10.5. The Morgan fingerprint density at radius 1 is 1.50 bits per heavy atom. The second-order valence-corrected chi connectivity index (χ2v) is 2.21. The third-order valence-electron chi connectivity index (χ3n) is 1.18. The summed E-state index contributed by atoms with van der Waals surface area (Å²) in [6.07, 6.45) is 1.74. The van der Waals surface area contributed by atoms with Gasteiger partial charge in [-0.3, -0.25) is 0 Å². The van der Waals surface area contributed by atoms with Gasteiger partial charge < -0.3 is 0 Å². The van der Waals surface area contributed by atoms with Crippen LogP contribution in [0.1, 0.15) is 0 Å². The van der Waals surface area contributed by atoms with Crippen molar-refractivity contribution in [3.63, 3.8) is 0 Å². The molecule has 0 radical (unpaired) electrons. The lowest BCUT2D eigenvalue weighted by Gasteiger charge is -1.88. The van der Waals surface area contributed by atoms with Gasteiger partial charge in [-0.05, 0) is 22.6 Å². The fraction of sp³-hybridized carbons (Fsp3) is 0. The van der Waals surface area contributed by atoms with Gasteiger partial charge in [-0.25, -0.2) is 0 Å². The fourth-order valence-electron chi connectivity index (χ4n) is 0.735. The summed E-state index contributed by atoms with van der Waals surface area (Å²) in [4.78, 5) is 0. The van der Waals surface area contributed by atoms with E-state index in [1.165, 1.54) is 4.52 Å². The van der Waals surface area contributed by atoms with E-state index in [9.17, 15) is 0 Å². The minimum atomic E-state index is 0.563. The molecule has 4 nitrogen and oxygen atoms in total. The summed E-state index contributed by atoms with van der Waals surface area (Å²) in [6.45, 7) is 0. The molecule has 50 valence electrons. The van der Waals surface area contributed by atoms with Crippen molar-refractivity contribution in [1.82, 2.24) is 20.0 Å². The highest BCUT2D eigenvalue weighted by Crippen LogP contribution is 2.11. The maximum atomic E-state index is 5.74. The first kappa shape index (κ1) is 5.61. The normalized spacial score (nSPS) is 10.5. The van der Waals surface area contributed by atoms with Crippen LogP contribution in [0.2, 0.25) is 5.02 Å². The molecule has 2 aromatic rings. The number of tetrazole rings is 1. The Kier molecular flexibility index (Phi) is 1.07. The Morgan fingerprint density at radius 2 is 2.40 bits per heavy atom. The maximum Gasteiger partial charge on any atom is 0.197 e. The van der Waals surface area contributed by atoms with E-state index in [0.717, 1.165) is 0 Å². The molecule has 2 heterocycles. The fourth-order valence-corrected chi connectivity index (χ4v) is 0.932. The Bertz CT molecular complexity index is 355. The minimum absolute atomic E-state index is 0.563. The van der Waals surface area contributed by atoms with Crippen LogP contribution < -0.4 is 0 Å². The number of fused-ring (bicyclic) bond motifs is 1. The zero-order valence-electron chi connectivity index (χ0n) is 4.90. The smallest absolute Gasteiger partial charge is 0.197 e. The number of rotatable bonds is 0. The highest BCUT2D eigenvalue weighted by Gasteiger charge is 1.98. The van der Waals surface area contributed by atoms with Crippen LogP contribution in [0.4, 0.5) is 0 Å². The van der Waals surface area contributed by atoms with Crippen molar-refractivity contribution < 1.29 is 0 Å². The van der Waals surface area contributed by atoms with Crippen LogP contribution in [-0.2, 0) is 0 Å². The van der Waals surface area contributed by atoms with Crippen molar-refractivity contribution in [3.05, 3.63) is 23.4 Å². The summed E-state index contributed by atoms with van der Waals surface area (Å²) in [5.41, 5.74) is 0.587. The van der Waals surface area contributed by atoms with Gasteiger partial charge in [0.05, 0.1) is 5.02 Å². The van der Waals surface area contributed by atoms with E-state index >= 15 is 0 Å². The first-order chi connectivity index (χ1) is 4.88. The third kappa shape index (κ3) is 0.657. The highest BCUT2D eigenvalue weighted by molar-refractivity contribution is 6.33. The second kappa shape index (κ2) is 1.91. The summed E-state index contributed by atoms with van der Waals surface area (Å²) >= 11 is 5.74. The van der Waals surface area contributed by atoms with E-state index in [4.69, 9.17) is 11.6 Å². The van der Waals surface area contributed by atoms with Crippen molar-refractivity contribution >= 4 is 17.2 Å². The average molecular weight is 155 g/mol. The number of hydrogen-bond acceptors (Lipinski definition) is 3. The van der Waals surface area contributed by atoms with Crippen LogP contribution in [-0.4, -0.2) is 20.0 Å². The number of hydrogen-bond donors (Lipinski definition) is 0. The number of aromatic nitrogens is 4. The summed E-state index contributed by atoms with van der Waals surface area (Å²) in [7, 11) is 0. The maximum absolute atomic E-state index is 5.74. The molecule has 0 N–H and O–H groups in total. The molecule has 0 saturated carbocycles. The molecule has 0 aliphatic rings. The molecule has 5 heteroatoms. The standard InChI is InChI=1S/C5H3ClN4/c6-4-2-1-3-10-5(4)7-8-9-10/h1-3H. The molecule has 0 aliphatic heterocycles. The molecule has 2 rings (SSSR count). The molecule has 0 aliphatic carbocycles. The minimum Gasteiger partial charge on any atom is -0.199 e. The van der Waals surface area contributed by atoms with Crippen LogP contribution in [0, 0.1) is 0 Å². The summed E-state index contributed by atoms with van der Waals surface area (Å²) in [6, 6.07) is 3.53. The van der Waals surface area contributed by atoms with Gasteiger partial charge in [0, 0.05) is 6.20 Å². The van der Waals surface area contributed by atoms with E-state index in [1.54, 1.807) is 18.3 Å². The van der Waals surface area contributed by atoms with Gasteiger partial charge in [0.1, 0.15) is 0 Å². The Balaban J connectivity index is 2.95. The molecule has 0 spiro atoms. The molecule has 0 unspecified atom stereocenters. The highest BCUT2D eigenvalue weighted by atomic mass is 35.5. The van der Waals surface area contributed by atoms with Gasteiger partial charge in [0.15, 0.2) is 5.65 Å². The molecule has 0 bridgehead atoms. The summed E-state index contributed by atoms with van der Waals surface area (Å²) < 4.78 is 1.52. The molecule has 0 amide bonds. The van der Waals surface area contributed by atoms with E-state index in [0.29, 0.717) is 10.7 Å². The quantitative estimate of drug-likeness (QED) is 0.563. The van der Waals surface area contributed by atoms with E-state index in [2.05, 4.69) is 15.5 Å². The molecule has 10 heavy (non-hydrogen) atoms. The Hall–Kier alpha value is -1.16. The van der Waals surface area contributed by atoms with Gasteiger partial charge in [-0.2, -0.15) is 4.52 Å². The zero-order chi connectivity index (χ0) is 6.97. The molecule has 0 fully saturated rings. The molecule has 0 aromatic carbocycles. The first-order valence-electron chi connectivity index (χ1n) is 2.70. The zero-order valence-corrected chi connectivity index (χ0v) is 5.65. The SMILES string of the molecule is Clc1cccn2nnnc12. The average Bonchev–Trinajstić information content (AvgIpc) is 2.36. The lowest BCUT2D eigenvalue weighted by molar-refractivity contribution is 0.823. The molecule has 0 saturated heterocycles. The molecular weight excluding hydrogens is 152 g/mol. The molecule has 0 atom stereocenters. The second-order valence-electron chi connectivity index (χ2n) is 1.80. The predicted molar refractivity (Wildman–Crippen MR) is 35.8 cm³/mol. The largest absolute Gasteiger partial charge is 0.199 e. The lowest BCUT2D eigenvalue weighted by Crippen LogP contribution is -1.85. The Labute approximate surface area is 61.4 Å². The van der Waals surface area contributed by atoms with Crippen LogP contribution in [0.15, 0.2) is 18.3 Å². The summed E-state index contributed by atoms with van der Waals surface area (Å²) in [5.74, 6) is 0. The van der Waals surface area contributed by atoms with Crippen LogP contribution in [0.25, 0.3) is 5.65 Å². The van der Waals surface area contributed by atoms with Crippen molar-refractivity contribution in [2.75, 3.05) is 0 Å². The summed E-state index contributed by atoms with van der Waals surface area (Å²) in [5, 5.41) is 11.3. The van der Waals surface area contributed by atoms with Gasteiger partial charge >= 0.3 is 0 Å².